The van der Waals surface area contributed by atoms with Gasteiger partial charge in [-0.15, -0.1) is 0 Å². The third-order valence-corrected chi connectivity index (χ3v) is 1.17. The molecule has 0 radical (unpaired) electrons. The molecule has 0 aliphatic carbocycles. The molecule has 9 heavy (non-hydrogen) atoms. The molecule has 0 spiro atoms. The van der Waals surface area contributed by atoms with Gasteiger partial charge in [0.05, 0.1) is 6.67 Å². The second-order valence-corrected chi connectivity index (χ2v) is 1.82. The highest BCUT2D eigenvalue weighted by molar-refractivity contribution is 6.35. The monoisotopic (exact) mass is 128 g/mol. The molecule has 0 fully saturated rings. The summed E-state index contributed by atoms with van der Waals surface area (Å²) in [5, 5.41) is 11.3. The zero-order chi connectivity index (χ0) is 6.69. The maximum atomic E-state index is 10.2. The lowest BCUT2D eigenvalue weighted by atomic mass is 10.2. The molecule has 50 valence electrons. The Morgan fingerprint density at radius 2 is 2.56 bits per heavy atom. The van der Waals surface area contributed by atoms with Gasteiger partial charge in [-0.1, -0.05) is 0 Å². The van der Waals surface area contributed by atoms with Gasteiger partial charge in [0.2, 0.25) is 0 Å². The SMILES string of the molecule is O=C(O)C1=NCNCC1. The van der Waals surface area contributed by atoms with Gasteiger partial charge in [-0.2, -0.15) is 0 Å². The van der Waals surface area contributed by atoms with E-state index in [2.05, 4.69) is 10.3 Å². The zero-order valence-corrected chi connectivity index (χ0v) is 4.92. The highest BCUT2D eigenvalue weighted by Gasteiger charge is 2.10. The van der Waals surface area contributed by atoms with Gasteiger partial charge in [0.25, 0.3) is 0 Å². The molecule has 4 heteroatoms. The maximum Gasteiger partial charge on any atom is 0.349 e. The molecule has 0 aromatic rings. The number of hydrogen-bond acceptors (Lipinski definition) is 3. The lowest BCUT2D eigenvalue weighted by Crippen LogP contribution is -2.28. The molecule has 0 amide bonds. The summed E-state index contributed by atoms with van der Waals surface area (Å²) in [7, 11) is 0. The van der Waals surface area contributed by atoms with E-state index in [1.807, 2.05) is 0 Å². The number of carboxylic acid groups (broad SMARTS) is 1. The van der Waals surface area contributed by atoms with Crippen LogP contribution in [0.25, 0.3) is 0 Å². The predicted molar refractivity (Wildman–Crippen MR) is 32.6 cm³/mol. The van der Waals surface area contributed by atoms with Crippen molar-refractivity contribution in [1.29, 1.82) is 0 Å². The van der Waals surface area contributed by atoms with Crippen molar-refractivity contribution in [3.05, 3.63) is 0 Å². The minimum absolute atomic E-state index is 0.286. The number of carbonyl (C=O) groups is 1. The van der Waals surface area contributed by atoms with Crippen LogP contribution in [0.4, 0.5) is 0 Å². The Morgan fingerprint density at radius 1 is 1.78 bits per heavy atom. The Bertz CT molecular complexity index is 153. The molecule has 0 saturated heterocycles. The Hall–Kier alpha value is -0.900. The number of aliphatic carboxylic acids is 1. The van der Waals surface area contributed by atoms with Crippen LogP contribution in [-0.4, -0.2) is 30.0 Å². The number of nitrogens with one attached hydrogen (secondary N) is 1. The van der Waals surface area contributed by atoms with Crippen LogP contribution in [0.2, 0.25) is 0 Å². The Labute approximate surface area is 52.6 Å². The van der Waals surface area contributed by atoms with Gasteiger partial charge >= 0.3 is 5.97 Å². The molecule has 0 bridgehead atoms. The smallest absolute Gasteiger partial charge is 0.349 e. The third kappa shape index (κ3) is 1.50. The molecule has 0 aromatic carbocycles. The summed E-state index contributed by atoms with van der Waals surface area (Å²) in [5.74, 6) is -0.892. The minimum Gasteiger partial charge on any atom is -0.477 e. The van der Waals surface area contributed by atoms with Gasteiger partial charge < -0.3 is 5.11 Å². The van der Waals surface area contributed by atoms with Crippen molar-refractivity contribution in [2.75, 3.05) is 13.2 Å². The first-order chi connectivity index (χ1) is 4.30. The Morgan fingerprint density at radius 3 is 2.89 bits per heavy atom. The molecule has 1 aliphatic rings. The van der Waals surface area contributed by atoms with Crippen molar-refractivity contribution in [3.63, 3.8) is 0 Å². The zero-order valence-electron chi connectivity index (χ0n) is 4.92. The highest BCUT2D eigenvalue weighted by atomic mass is 16.4. The maximum absolute atomic E-state index is 10.2. The largest absolute Gasteiger partial charge is 0.477 e. The molecule has 0 unspecified atom stereocenters. The summed E-state index contributed by atoms with van der Waals surface area (Å²) in [6.45, 7) is 1.17. The molecule has 0 saturated carbocycles. The second-order valence-electron chi connectivity index (χ2n) is 1.82. The standard InChI is InChI=1S/C5H8N2O2/c8-5(9)4-1-2-6-3-7-4/h6H,1-3H2,(H,8,9). The first-order valence-electron chi connectivity index (χ1n) is 2.78. The molecular weight excluding hydrogens is 120 g/mol. The average molecular weight is 128 g/mol. The predicted octanol–water partition coefficient (Wildman–Crippen LogP) is -0.537. The van der Waals surface area contributed by atoms with E-state index in [1.165, 1.54) is 0 Å². The summed E-state index contributed by atoms with van der Waals surface area (Å²) < 4.78 is 0. The summed E-state index contributed by atoms with van der Waals surface area (Å²) in [6.07, 6.45) is 0.537. The van der Waals surface area contributed by atoms with Crippen LogP contribution in [0.5, 0.6) is 0 Å². The Balaban J connectivity index is 2.57. The van der Waals surface area contributed by atoms with E-state index in [4.69, 9.17) is 5.11 Å². The van der Waals surface area contributed by atoms with E-state index in [0.717, 1.165) is 6.54 Å². The molecular formula is C5H8N2O2. The summed E-state index contributed by atoms with van der Waals surface area (Å²) in [6, 6.07) is 0. The molecule has 0 aromatic heterocycles. The van der Waals surface area contributed by atoms with Crippen molar-refractivity contribution < 1.29 is 9.90 Å². The van der Waals surface area contributed by atoms with Crippen LogP contribution < -0.4 is 5.32 Å². The minimum atomic E-state index is -0.892. The molecule has 4 nitrogen and oxygen atoms in total. The van der Waals surface area contributed by atoms with Crippen molar-refractivity contribution in [3.8, 4) is 0 Å². The van der Waals surface area contributed by atoms with E-state index in [1.54, 1.807) is 0 Å². The van der Waals surface area contributed by atoms with Gasteiger partial charge in [-0.3, -0.25) is 10.3 Å². The normalized spacial score (nSPS) is 18.9. The quantitative estimate of drug-likeness (QED) is 0.498. The van der Waals surface area contributed by atoms with E-state index < -0.39 is 5.97 Å². The summed E-state index contributed by atoms with van der Waals surface area (Å²) in [4.78, 5) is 13.9. The number of carboxylic acids is 1. The van der Waals surface area contributed by atoms with Gasteiger partial charge in [-0.05, 0) is 0 Å². The fourth-order valence-corrected chi connectivity index (χ4v) is 0.691. The number of hydrogen-bond donors (Lipinski definition) is 2. The van der Waals surface area contributed by atoms with E-state index in [9.17, 15) is 4.79 Å². The van der Waals surface area contributed by atoms with Gasteiger partial charge in [0.15, 0.2) is 0 Å². The van der Waals surface area contributed by atoms with Crippen LogP contribution in [0.3, 0.4) is 0 Å². The third-order valence-electron chi connectivity index (χ3n) is 1.17. The summed E-state index contributed by atoms with van der Waals surface area (Å²) >= 11 is 0. The van der Waals surface area contributed by atoms with Crippen molar-refractivity contribution in [2.45, 2.75) is 6.42 Å². The van der Waals surface area contributed by atoms with E-state index in [-0.39, 0.29) is 5.71 Å². The average Bonchev–Trinajstić information content (AvgIpc) is 1.90. The lowest BCUT2D eigenvalue weighted by molar-refractivity contribution is -0.129. The van der Waals surface area contributed by atoms with Crippen molar-refractivity contribution >= 4 is 11.7 Å². The Kier molecular flexibility index (Phi) is 1.79. The van der Waals surface area contributed by atoms with Crippen LogP contribution in [0, 0.1) is 0 Å². The van der Waals surface area contributed by atoms with Crippen LogP contribution in [-0.2, 0) is 4.79 Å². The van der Waals surface area contributed by atoms with Gasteiger partial charge in [0.1, 0.15) is 5.71 Å². The van der Waals surface area contributed by atoms with E-state index in [0.29, 0.717) is 13.1 Å². The molecule has 2 N–H and O–H groups in total. The first kappa shape index (κ1) is 6.22. The molecule has 1 heterocycles. The summed E-state index contributed by atoms with van der Waals surface area (Å²) in [5.41, 5.74) is 0.286. The van der Waals surface area contributed by atoms with Crippen LogP contribution in [0.1, 0.15) is 6.42 Å². The van der Waals surface area contributed by atoms with Gasteiger partial charge in [0, 0.05) is 13.0 Å². The fraction of sp³-hybridized carbons (Fsp3) is 0.600. The molecule has 1 rings (SSSR count). The number of rotatable bonds is 1. The molecule has 1 aliphatic heterocycles. The second kappa shape index (κ2) is 2.59. The van der Waals surface area contributed by atoms with Crippen LogP contribution in [0.15, 0.2) is 4.99 Å². The number of aliphatic imine (C=N–C) groups is 1. The lowest BCUT2D eigenvalue weighted by Gasteiger charge is -2.08. The number of nitrogens with zero attached hydrogens (tertiary/aromatic N) is 1. The van der Waals surface area contributed by atoms with Crippen molar-refractivity contribution in [1.82, 2.24) is 5.32 Å². The van der Waals surface area contributed by atoms with E-state index >= 15 is 0 Å². The fourth-order valence-electron chi connectivity index (χ4n) is 0.691. The topological polar surface area (TPSA) is 61.7 Å². The molecule has 0 atom stereocenters. The van der Waals surface area contributed by atoms with Gasteiger partial charge in [-0.25, -0.2) is 4.79 Å². The van der Waals surface area contributed by atoms with Crippen molar-refractivity contribution in [2.24, 2.45) is 4.99 Å². The first-order valence-corrected chi connectivity index (χ1v) is 2.78. The van der Waals surface area contributed by atoms with Crippen LogP contribution >= 0.6 is 0 Å². The highest BCUT2D eigenvalue weighted by Crippen LogP contribution is 1.90.